The Hall–Kier alpha value is -1.89. The minimum Gasteiger partial charge on any atom is -0.497 e. The fourth-order valence-corrected chi connectivity index (χ4v) is 4.10. The Balaban J connectivity index is 1.78. The molecule has 132 valence electrons. The lowest BCUT2D eigenvalue weighted by molar-refractivity contribution is -0.149. The van der Waals surface area contributed by atoms with Crippen LogP contribution < -0.4 is 9.47 Å². The minimum atomic E-state index is -2.92. The molecule has 0 aromatic heterocycles. The lowest BCUT2D eigenvalue weighted by Gasteiger charge is -2.24. The molecule has 1 aromatic carbocycles. The second-order valence-corrected chi connectivity index (χ2v) is 6.57. The molecule has 1 aliphatic carbocycles. The van der Waals surface area contributed by atoms with Crippen LogP contribution in [-0.2, 0) is 11.3 Å². The van der Waals surface area contributed by atoms with Crippen molar-refractivity contribution in [2.75, 3.05) is 20.2 Å². The maximum atomic E-state index is 12.7. The van der Waals surface area contributed by atoms with E-state index in [1.807, 2.05) is 4.90 Å². The van der Waals surface area contributed by atoms with Gasteiger partial charge in [0, 0.05) is 31.3 Å². The molecule has 0 bridgehead atoms. The molecule has 0 unspecified atom stereocenters. The van der Waals surface area contributed by atoms with E-state index in [0.717, 1.165) is 12.8 Å². The van der Waals surface area contributed by atoms with E-state index in [2.05, 4.69) is 4.74 Å². The Kier molecular flexibility index (Phi) is 4.62. The smallest absolute Gasteiger partial charge is 0.387 e. The number of hydrogen-bond acceptors (Lipinski definition) is 4. The number of likely N-dealkylation sites (tertiary alicyclic amines) is 1. The number of rotatable bonds is 6. The Morgan fingerprint density at radius 2 is 2.29 bits per heavy atom. The van der Waals surface area contributed by atoms with Gasteiger partial charge in [-0.1, -0.05) is 12.5 Å². The summed E-state index contributed by atoms with van der Waals surface area (Å²) in [6.07, 6.45) is 2.53. The Bertz CT molecular complexity index is 625. The van der Waals surface area contributed by atoms with Gasteiger partial charge in [-0.3, -0.25) is 9.69 Å². The zero-order valence-electron chi connectivity index (χ0n) is 13.5. The number of fused-ring (bicyclic) bond motifs is 1. The first-order valence-electron chi connectivity index (χ1n) is 8.02. The lowest BCUT2D eigenvalue weighted by Crippen LogP contribution is -2.35. The van der Waals surface area contributed by atoms with Crippen molar-refractivity contribution in [2.24, 2.45) is 11.3 Å². The van der Waals surface area contributed by atoms with E-state index < -0.39 is 18.0 Å². The molecule has 1 N–H and O–H groups in total. The molecule has 2 aliphatic rings. The second kappa shape index (κ2) is 6.55. The Morgan fingerprint density at radius 3 is 2.92 bits per heavy atom. The highest BCUT2D eigenvalue weighted by Gasteiger charge is 2.54. The molecule has 2 fully saturated rings. The molecule has 1 saturated heterocycles. The van der Waals surface area contributed by atoms with Crippen LogP contribution in [0.2, 0.25) is 0 Å². The number of nitrogens with zero attached hydrogens (tertiary/aromatic N) is 1. The molecule has 0 spiro atoms. The minimum absolute atomic E-state index is 0.0748. The summed E-state index contributed by atoms with van der Waals surface area (Å²) in [5.74, 6) is -0.0977. The quantitative estimate of drug-likeness (QED) is 0.862. The van der Waals surface area contributed by atoms with Crippen molar-refractivity contribution in [1.82, 2.24) is 4.90 Å². The van der Waals surface area contributed by atoms with Gasteiger partial charge in [0.05, 0.1) is 12.5 Å². The van der Waals surface area contributed by atoms with E-state index in [1.165, 1.54) is 13.2 Å². The summed E-state index contributed by atoms with van der Waals surface area (Å²) in [6, 6.07) is 4.82. The highest BCUT2D eigenvalue weighted by molar-refractivity contribution is 5.76. The van der Waals surface area contributed by atoms with Crippen molar-refractivity contribution < 1.29 is 28.2 Å². The van der Waals surface area contributed by atoms with Crippen LogP contribution in [0.15, 0.2) is 18.2 Å². The summed E-state index contributed by atoms with van der Waals surface area (Å²) in [6.45, 7) is -1.41. The third kappa shape index (κ3) is 3.05. The highest BCUT2D eigenvalue weighted by Crippen LogP contribution is 2.49. The molecular formula is C17H21F2NO4. The predicted octanol–water partition coefficient (Wildman–Crippen LogP) is 2.98. The molecule has 0 radical (unpaired) electrons. The van der Waals surface area contributed by atoms with Gasteiger partial charge in [0.1, 0.15) is 11.5 Å². The lowest BCUT2D eigenvalue weighted by atomic mass is 9.81. The molecule has 1 heterocycles. The molecule has 1 aromatic rings. The van der Waals surface area contributed by atoms with E-state index >= 15 is 0 Å². The molecule has 3 rings (SSSR count). The molecule has 2 atom stereocenters. The second-order valence-electron chi connectivity index (χ2n) is 6.57. The van der Waals surface area contributed by atoms with Crippen molar-refractivity contribution in [3.63, 3.8) is 0 Å². The first-order valence-corrected chi connectivity index (χ1v) is 8.02. The number of carboxylic acids is 1. The van der Waals surface area contributed by atoms with Gasteiger partial charge in [0.2, 0.25) is 0 Å². The van der Waals surface area contributed by atoms with E-state index in [1.54, 1.807) is 12.1 Å². The van der Waals surface area contributed by atoms with Gasteiger partial charge in [-0.05, 0) is 24.8 Å². The molecular weight excluding hydrogens is 320 g/mol. The summed E-state index contributed by atoms with van der Waals surface area (Å²) in [7, 11) is 1.46. The average molecular weight is 341 g/mol. The van der Waals surface area contributed by atoms with Crippen LogP contribution in [0, 0.1) is 11.3 Å². The Labute approximate surface area is 139 Å². The number of methoxy groups -OCH3 is 1. The van der Waals surface area contributed by atoms with E-state index in [-0.39, 0.29) is 11.7 Å². The van der Waals surface area contributed by atoms with E-state index in [9.17, 15) is 18.7 Å². The summed E-state index contributed by atoms with van der Waals surface area (Å²) in [5, 5.41) is 9.63. The average Bonchev–Trinajstić information content (AvgIpc) is 3.06. The van der Waals surface area contributed by atoms with Gasteiger partial charge >= 0.3 is 12.6 Å². The fourth-order valence-electron chi connectivity index (χ4n) is 4.10. The van der Waals surface area contributed by atoms with Crippen molar-refractivity contribution in [3.8, 4) is 11.5 Å². The third-order valence-corrected chi connectivity index (χ3v) is 5.25. The largest absolute Gasteiger partial charge is 0.497 e. The van der Waals surface area contributed by atoms with Crippen LogP contribution in [0.25, 0.3) is 0 Å². The number of aliphatic carboxylic acids is 1. The first-order chi connectivity index (χ1) is 11.4. The fraction of sp³-hybridized carbons (Fsp3) is 0.588. The molecule has 0 amide bonds. The van der Waals surface area contributed by atoms with Gasteiger partial charge in [-0.15, -0.1) is 0 Å². The third-order valence-electron chi connectivity index (χ3n) is 5.25. The molecule has 7 heteroatoms. The van der Waals surface area contributed by atoms with Crippen molar-refractivity contribution in [2.45, 2.75) is 32.4 Å². The number of benzene rings is 1. The number of alkyl halides is 2. The van der Waals surface area contributed by atoms with Crippen LogP contribution >= 0.6 is 0 Å². The first kappa shape index (κ1) is 17.0. The number of carboxylic acid groups (broad SMARTS) is 1. The van der Waals surface area contributed by atoms with Crippen LogP contribution in [0.3, 0.4) is 0 Å². The SMILES string of the molecule is COc1ccc(CN2C[C@@H]3CCC[C@@]3(C(=O)O)C2)c(OC(F)F)c1. The van der Waals surface area contributed by atoms with Gasteiger partial charge in [-0.2, -0.15) is 8.78 Å². The van der Waals surface area contributed by atoms with Crippen LogP contribution in [0.5, 0.6) is 11.5 Å². The summed E-state index contributed by atoms with van der Waals surface area (Å²) in [5.41, 5.74) is -0.0763. The zero-order valence-corrected chi connectivity index (χ0v) is 13.5. The van der Waals surface area contributed by atoms with E-state index in [0.29, 0.717) is 37.4 Å². The number of hydrogen-bond donors (Lipinski definition) is 1. The van der Waals surface area contributed by atoms with Crippen molar-refractivity contribution in [1.29, 1.82) is 0 Å². The summed E-state index contributed by atoms with van der Waals surface area (Å²) < 4.78 is 35.0. The summed E-state index contributed by atoms with van der Waals surface area (Å²) in [4.78, 5) is 13.8. The highest BCUT2D eigenvalue weighted by atomic mass is 19.3. The maximum absolute atomic E-state index is 12.7. The van der Waals surface area contributed by atoms with Crippen LogP contribution in [0.4, 0.5) is 8.78 Å². The van der Waals surface area contributed by atoms with Gasteiger partial charge in [-0.25, -0.2) is 0 Å². The molecule has 5 nitrogen and oxygen atoms in total. The maximum Gasteiger partial charge on any atom is 0.387 e. The molecule has 1 saturated carbocycles. The number of halogens is 2. The van der Waals surface area contributed by atoms with Crippen LogP contribution in [0.1, 0.15) is 24.8 Å². The number of ether oxygens (including phenoxy) is 2. The van der Waals surface area contributed by atoms with Gasteiger partial charge < -0.3 is 14.6 Å². The standard InChI is InChI=1S/C17H21F2NO4/c1-23-13-5-4-11(14(7-13)24-16(18)19)8-20-9-12-3-2-6-17(12,10-20)15(21)22/h4-5,7,12,16H,2-3,6,8-10H2,1H3,(H,21,22)/t12-,17+/m0/s1. The predicted molar refractivity (Wildman–Crippen MR) is 82.3 cm³/mol. The Morgan fingerprint density at radius 1 is 1.50 bits per heavy atom. The molecule has 24 heavy (non-hydrogen) atoms. The van der Waals surface area contributed by atoms with Crippen molar-refractivity contribution >= 4 is 5.97 Å². The summed E-state index contributed by atoms with van der Waals surface area (Å²) >= 11 is 0. The van der Waals surface area contributed by atoms with Crippen molar-refractivity contribution in [3.05, 3.63) is 23.8 Å². The topological polar surface area (TPSA) is 59.0 Å². The zero-order chi connectivity index (χ0) is 17.3. The number of carbonyl (C=O) groups is 1. The monoisotopic (exact) mass is 341 g/mol. The molecule has 1 aliphatic heterocycles. The normalized spacial score (nSPS) is 26.6. The van der Waals surface area contributed by atoms with Gasteiger partial charge in [0.25, 0.3) is 0 Å². The van der Waals surface area contributed by atoms with E-state index in [4.69, 9.17) is 4.74 Å². The van der Waals surface area contributed by atoms with Gasteiger partial charge in [0.15, 0.2) is 0 Å². The van der Waals surface area contributed by atoms with Crippen LogP contribution in [-0.4, -0.2) is 42.8 Å².